The second-order valence-electron chi connectivity index (χ2n) is 3.93. The first-order valence-corrected chi connectivity index (χ1v) is 5.58. The van der Waals surface area contributed by atoms with Crippen molar-refractivity contribution in [2.45, 2.75) is 20.4 Å². The van der Waals surface area contributed by atoms with Gasteiger partial charge in [-0.15, -0.1) is 0 Å². The van der Waals surface area contributed by atoms with Crippen molar-refractivity contribution in [1.29, 1.82) is 0 Å². The van der Waals surface area contributed by atoms with Crippen LogP contribution in [0.25, 0.3) is 0 Å². The van der Waals surface area contributed by atoms with Gasteiger partial charge < -0.3 is 9.30 Å². The van der Waals surface area contributed by atoms with Gasteiger partial charge in [-0.1, -0.05) is 18.2 Å². The van der Waals surface area contributed by atoms with E-state index in [1.807, 2.05) is 30.3 Å². The van der Waals surface area contributed by atoms with E-state index in [0.717, 1.165) is 12.3 Å². The fourth-order valence-electron chi connectivity index (χ4n) is 1.82. The highest BCUT2D eigenvalue weighted by atomic mass is 16.5. The number of benzene rings is 1. The van der Waals surface area contributed by atoms with Crippen molar-refractivity contribution in [2.75, 3.05) is 6.61 Å². The van der Waals surface area contributed by atoms with Crippen LogP contribution in [0.2, 0.25) is 0 Å². The van der Waals surface area contributed by atoms with Crippen LogP contribution in [0.5, 0.6) is 5.75 Å². The molecule has 0 aliphatic rings. The van der Waals surface area contributed by atoms with Crippen molar-refractivity contribution in [3.8, 4) is 5.75 Å². The number of para-hydroxylation sites is 1. The molecule has 1 heterocycles. The molecule has 1 aromatic heterocycles. The van der Waals surface area contributed by atoms with Crippen LogP contribution in [0.15, 0.2) is 42.5 Å². The molecule has 0 bridgehead atoms. The maximum absolute atomic E-state index is 5.67. The molecule has 0 N–H and O–H groups in total. The van der Waals surface area contributed by atoms with Gasteiger partial charge in [-0.2, -0.15) is 0 Å². The topological polar surface area (TPSA) is 14.2 Å². The number of aryl methyl sites for hydroxylation is 2. The summed E-state index contributed by atoms with van der Waals surface area (Å²) in [6, 6.07) is 14.2. The van der Waals surface area contributed by atoms with Crippen molar-refractivity contribution in [1.82, 2.24) is 4.57 Å². The Hall–Kier alpha value is -1.70. The Labute approximate surface area is 96.5 Å². The molecule has 2 heteroatoms. The Balaban J connectivity index is 1.89. The molecule has 84 valence electrons. The fourth-order valence-corrected chi connectivity index (χ4v) is 1.82. The molecule has 0 spiro atoms. The van der Waals surface area contributed by atoms with Crippen LogP contribution in [0.3, 0.4) is 0 Å². The monoisotopic (exact) mass is 215 g/mol. The summed E-state index contributed by atoms with van der Waals surface area (Å²) in [5.74, 6) is 0.935. The average molecular weight is 215 g/mol. The van der Waals surface area contributed by atoms with E-state index in [0.29, 0.717) is 6.61 Å². The summed E-state index contributed by atoms with van der Waals surface area (Å²) in [5, 5.41) is 0. The van der Waals surface area contributed by atoms with E-state index in [9.17, 15) is 0 Å². The van der Waals surface area contributed by atoms with E-state index in [-0.39, 0.29) is 0 Å². The molecule has 2 aromatic rings. The van der Waals surface area contributed by atoms with Crippen LogP contribution in [0.4, 0.5) is 0 Å². The van der Waals surface area contributed by atoms with Gasteiger partial charge in [0, 0.05) is 11.4 Å². The number of aromatic nitrogens is 1. The van der Waals surface area contributed by atoms with Crippen molar-refractivity contribution < 1.29 is 4.74 Å². The highest BCUT2D eigenvalue weighted by molar-refractivity contribution is 5.21. The molecule has 16 heavy (non-hydrogen) atoms. The predicted molar refractivity (Wildman–Crippen MR) is 65.8 cm³/mol. The Morgan fingerprint density at radius 3 is 2.19 bits per heavy atom. The Kier molecular flexibility index (Phi) is 3.30. The molecular formula is C14H17NO. The van der Waals surface area contributed by atoms with E-state index in [4.69, 9.17) is 4.74 Å². The quantitative estimate of drug-likeness (QED) is 0.764. The van der Waals surface area contributed by atoms with E-state index in [2.05, 4.69) is 30.5 Å². The van der Waals surface area contributed by atoms with Crippen LogP contribution in [-0.2, 0) is 6.54 Å². The van der Waals surface area contributed by atoms with Crippen molar-refractivity contribution >= 4 is 0 Å². The number of nitrogens with zero attached hydrogens (tertiary/aromatic N) is 1. The molecule has 0 aliphatic carbocycles. The Bertz CT molecular complexity index is 426. The highest BCUT2D eigenvalue weighted by Gasteiger charge is 2.00. The molecule has 2 nitrogen and oxygen atoms in total. The molecule has 0 saturated heterocycles. The van der Waals surface area contributed by atoms with Gasteiger partial charge in [0.2, 0.25) is 0 Å². The Morgan fingerprint density at radius 1 is 0.938 bits per heavy atom. The number of hydrogen-bond donors (Lipinski definition) is 0. The Morgan fingerprint density at radius 2 is 1.56 bits per heavy atom. The van der Waals surface area contributed by atoms with E-state index in [1.54, 1.807) is 0 Å². The number of hydrogen-bond acceptors (Lipinski definition) is 1. The smallest absolute Gasteiger partial charge is 0.119 e. The lowest BCUT2D eigenvalue weighted by Crippen LogP contribution is -2.10. The van der Waals surface area contributed by atoms with Gasteiger partial charge in [0.1, 0.15) is 12.4 Å². The first-order valence-electron chi connectivity index (χ1n) is 5.58. The van der Waals surface area contributed by atoms with Crippen molar-refractivity contribution in [3.63, 3.8) is 0 Å². The van der Waals surface area contributed by atoms with Gasteiger partial charge in [-0.05, 0) is 38.1 Å². The maximum Gasteiger partial charge on any atom is 0.119 e. The van der Waals surface area contributed by atoms with Gasteiger partial charge in [0.05, 0.1) is 6.54 Å². The summed E-state index contributed by atoms with van der Waals surface area (Å²) in [5.41, 5.74) is 2.57. The zero-order valence-electron chi connectivity index (χ0n) is 9.81. The summed E-state index contributed by atoms with van der Waals surface area (Å²) in [6.45, 7) is 5.85. The molecule has 0 radical (unpaired) electrons. The van der Waals surface area contributed by atoms with Crippen LogP contribution in [0.1, 0.15) is 11.4 Å². The highest BCUT2D eigenvalue weighted by Crippen LogP contribution is 2.10. The average Bonchev–Trinajstić information content (AvgIpc) is 2.62. The van der Waals surface area contributed by atoms with Crippen molar-refractivity contribution in [2.24, 2.45) is 0 Å². The third kappa shape index (κ3) is 2.45. The predicted octanol–water partition coefficient (Wildman–Crippen LogP) is 3.18. The lowest BCUT2D eigenvalue weighted by Gasteiger charge is -2.10. The molecule has 1 aromatic carbocycles. The van der Waals surface area contributed by atoms with Crippen LogP contribution < -0.4 is 4.74 Å². The fraction of sp³-hybridized carbons (Fsp3) is 0.286. The normalized spacial score (nSPS) is 10.4. The molecule has 0 atom stereocenters. The minimum atomic E-state index is 0.709. The number of rotatable bonds is 4. The van der Waals surface area contributed by atoms with Gasteiger partial charge in [0.15, 0.2) is 0 Å². The third-order valence-corrected chi connectivity index (χ3v) is 2.74. The summed E-state index contributed by atoms with van der Waals surface area (Å²) >= 11 is 0. The largest absolute Gasteiger partial charge is 0.492 e. The van der Waals surface area contributed by atoms with Crippen molar-refractivity contribution in [3.05, 3.63) is 53.9 Å². The van der Waals surface area contributed by atoms with Crippen LogP contribution >= 0.6 is 0 Å². The van der Waals surface area contributed by atoms with Gasteiger partial charge in [-0.3, -0.25) is 0 Å². The summed E-state index contributed by atoms with van der Waals surface area (Å²) < 4.78 is 7.94. The molecule has 0 amide bonds. The van der Waals surface area contributed by atoms with E-state index < -0.39 is 0 Å². The minimum Gasteiger partial charge on any atom is -0.492 e. The maximum atomic E-state index is 5.67. The van der Waals surface area contributed by atoms with Gasteiger partial charge in [-0.25, -0.2) is 0 Å². The first kappa shape index (κ1) is 10.8. The summed E-state index contributed by atoms with van der Waals surface area (Å²) in [6.07, 6.45) is 0. The third-order valence-electron chi connectivity index (χ3n) is 2.74. The van der Waals surface area contributed by atoms with Crippen LogP contribution in [0, 0.1) is 13.8 Å². The SMILES string of the molecule is Cc1ccc(C)n1CCOc1ccccc1. The number of ether oxygens (including phenoxy) is 1. The lowest BCUT2D eigenvalue weighted by atomic mass is 10.3. The molecule has 0 unspecified atom stereocenters. The summed E-state index contributed by atoms with van der Waals surface area (Å²) in [4.78, 5) is 0. The zero-order chi connectivity index (χ0) is 11.4. The van der Waals surface area contributed by atoms with Gasteiger partial charge in [0.25, 0.3) is 0 Å². The standard InChI is InChI=1S/C14H17NO/c1-12-8-9-13(2)15(12)10-11-16-14-6-4-3-5-7-14/h3-9H,10-11H2,1-2H3. The summed E-state index contributed by atoms with van der Waals surface area (Å²) in [7, 11) is 0. The lowest BCUT2D eigenvalue weighted by molar-refractivity contribution is 0.296. The molecule has 0 aliphatic heterocycles. The van der Waals surface area contributed by atoms with E-state index in [1.165, 1.54) is 11.4 Å². The van der Waals surface area contributed by atoms with E-state index >= 15 is 0 Å². The first-order chi connectivity index (χ1) is 7.77. The van der Waals surface area contributed by atoms with Gasteiger partial charge >= 0.3 is 0 Å². The molecular weight excluding hydrogens is 198 g/mol. The zero-order valence-corrected chi connectivity index (χ0v) is 9.81. The second-order valence-corrected chi connectivity index (χ2v) is 3.93. The van der Waals surface area contributed by atoms with Crippen LogP contribution in [-0.4, -0.2) is 11.2 Å². The molecule has 0 saturated carbocycles. The minimum absolute atomic E-state index is 0.709. The second kappa shape index (κ2) is 4.88. The molecule has 2 rings (SSSR count). The molecule has 0 fully saturated rings.